The Bertz CT molecular complexity index is 1260. The zero-order chi connectivity index (χ0) is 21.3. The maximum absolute atomic E-state index is 12.2. The highest BCUT2D eigenvalue weighted by Gasteiger charge is 2.20. The fourth-order valence-electron chi connectivity index (χ4n) is 3.38. The summed E-state index contributed by atoms with van der Waals surface area (Å²) in [5.41, 5.74) is 5.37. The van der Waals surface area contributed by atoms with Gasteiger partial charge in [-0.05, 0) is 31.2 Å². The lowest BCUT2D eigenvalue weighted by molar-refractivity contribution is -0.114. The second kappa shape index (κ2) is 7.84. The van der Waals surface area contributed by atoms with E-state index in [1.165, 1.54) is 13.8 Å². The quantitative estimate of drug-likeness (QED) is 0.441. The van der Waals surface area contributed by atoms with Crippen LogP contribution in [0.3, 0.4) is 0 Å². The third-order valence-corrected chi connectivity index (χ3v) is 4.70. The molecule has 0 bridgehead atoms. The van der Waals surface area contributed by atoms with E-state index in [2.05, 4.69) is 25.3 Å². The molecular weight excluding hydrogens is 382 g/mol. The average Bonchev–Trinajstić information content (AvgIpc) is 3.13. The first-order valence-corrected chi connectivity index (χ1v) is 9.29. The maximum Gasteiger partial charge on any atom is 0.222 e. The van der Waals surface area contributed by atoms with Crippen LogP contribution in [-0.4, -0.2) is 36.7 Å². The monoisotopic (exact) mass is 401 g/mol. The normalized spacial score (nSPS) is 10.9. The fraction of sp³-hybridized carbons (Fsp3) is 0.136. The minimum Gasteiger partial charge on any atom is -0.390 e. The number of pyridine rings is 3. The number of anilines is 1. The number of H-pyrrole nitrogens is 1. The smallest absolute Gasteiger partial charge is 0.222 e. The molecule has 0 radical (unpaired) electrons. The summed E-state index contributed by atoms with van der Waals surface area (Å²) in [6.45, 7) is 2.77. The molecule has 1 amide bonds. The van der Waals surface area contributed by atoms with E-state index in [9.17, 15) is 14.7 Å². The Hall–Kier alpha value is -3.91. The molecule has 4 heterocycles. The van der Waals surface area contributed by atoms with E-state index < -0.39 is 0 Å². The third-order valence-electron chi connectivity index (χ3n) is 4.70. The summed E-state index contributed by atoms with van der Waals surface area (Å²) in [6.07, 6.45) is 4.86. The Morgan fingerprint density at radius 3 is 2.50 bits per heavy atom. The number of amides is 1. The summed E-state index contributed by atoms with van der Waals surface area (Å²) in [4.78, 5) is 39.9. The number of carbonyl (C=O) groups is 2. The van der Waals surface area contributed by atoms with Gasteiger partial charge < -0.3 is 15.4 Å². The Balaban J connectivity index is 1.99. The van der Waals surface area contributed by atoms with Crippen molar-refractivity contribution in [3.05, 3.63) is 60.2 Å². The molecule has 0 spiro atoms. The van der Waals surface area contributed by atoms with Crippen molar-refractivity contribution in [3.8, 4) is 22.4 Å². The van der Waals surface area contributed by atoms with Gasteiger partial charge >= 0.3 is 0 Å². The first kappa shape index (κ1) is 19.4. The molecule has 0 fully saturated rings. The van der Waals surface area contributed by atoms with Gasteiger partial charge in [-0.25, -0.2) is 4.98 Å². The Kier molecular flexibility index (Phi) is 5.07. The van der Waals surface area contributed by atoms with E-state index in [-0.39, 0.29) is 18.3 Å². The van der Waals surface area contributed by atoms with E-state index in [0.29, 0.717) is 28.1 Å². The van der Waals surface area contributed by atoms with Gasteiger partial charge in [0.05, 0.1) is 29.0 Å². The number of hydrogen-bond donors (Lipinski definition) is 3. The zero-order valence-corrected chi connectivity index (χ0v) is 16.4. The second-order valence-electron chi connectivity index (χ2n) is 6.82. The van der Waals surface area contributed by atoms with Crippen LogP contribution in [0.1, 0.15) is 29.9 Å². The molecule has 0 aromatic carbocycles. The van der Waals surface area contributed by atoms with E-state index >= 15 is 0 Å². The lowest BCUT2D eigenvalue weighted by Gasteiger charge is -2.07. The molecule has 4 aromatic rings. The molecule has 4 rings (SSSR count). The van der Waals surface area contributed by atoms with Crippen molar-refractivity contribution in [1.82, 2.24) is 19.9 Å². The zero-order valence-electron chi connectivity index (χ0n) is 16.4. The van der Waals surface area contributed by atoms with E-state index in [1.807, 2.05) is 12.1 Å². The van der Waals surface area contributed by atoms with Crippen molar-refractivity contribution < 1.29 is 14.7 Å². The Labute approximate surface area is 172 Å². The van der Waals surface area contributed by atoms with Crippen molar-refractivity contribution in [2.45, 2.75) is 20.5 Å². The van der Waals surface area contributed by atoms with Crippen LogP contribution in [-0.2, 0) is 11.4 Å². The van der Waals surface area contributed by atoms with Gasteiger partial charge in [0.1, 0.15) is 5.82 Å². The fourth-order valence-corrected chi connectivity index (χ4v) is 3.38. The van der Waals surface area contributed by atoms with Gasteiger partial charge in [-0.3, -0.25) is 19.6 Å². The molecule has 30 heavy (non-hydrogen) atoms. The van der Waals surface area contributed by atoms with Crippen molar-refractivity contribution in [3.63, 3.8) is 0 Å². The van der Waals surface area contributed by atoms with Crippen LogP contribution >= 0.6 is 0 Å². The molecule has 0 aliphatic carbocycles. The van der Waals surface area contributed by atoms with Crippen LogP contribution in [0.4, 0.5) is 5.82 Å². The van der Waals surface area contributed by atoms with Crippen LogP contribution in [0.25, 0.3) is 33.4 Å². The molecule has 8 heteroatoms. The van der Waals surface area contributed by atoms with Gasteiger partial charge in [-0.2, -0.15) is 0 Å². The number of nitrogens with one attached hydrogen (secondary N) is 2. The third kappa shape index (κ3) is 3.56. The van der Waals surface area contributed by atoms with Crippen molar-refractivity contribution in [2.24, 2.45) is 0 Å². The topological polar surface area (TPSA) is 121 Å². The summed E-state index contributed by atoms with van der Waals surface area (Å²) >= 11 is 0. The van der Waals surface area contributed by atoms with Crippen molar-refractivity contribution in [1.29, 1.82) is 0 Å². The maximum atomic E-state index is 12.2. The van der Waals surface area contributed by atoms with E-state index in [4.69, 9.17) is 0 Å². The van der Waals surface area contributed by atoms with Gasteiger partial charge in [-0.15, -0.1) is 0 Å². The molecule has 0 aliphatic heterocycles. The van der Waals surface area contributed by atoms with Crippen LogP contribution in [0, 0.1) is 0 Å². The van der Waals surface area contributed by atoms with Gasteiger partial charge in [0.2, 0.25) is 5.91 Å². The molecule has 0 saturated heterocycles. The Morgan fingerprint density at radius 1 is 1.03 bits per heavy atom. The van der Waals surface area contributed by atoms with Crippen LogP contribution in [0.2, 0.25) is 0 Å². The first-order chi connectivity index (χ1) is 14.5. The largest absolute Gasteiger partial charge is 0.390 e. The average molecular weight is 401 g/mol. The first-order valence-electron chi connectivity index (χ1n) is 9.29. The summed E-state index contributed by atoms with van der Waals surface area (Å²) in [7, 11) is 0. The van der Waals surface area contributed by atoms with Crippen molar-refractivity contribution in [2.75, 3.05) is 5.32 Å². The number of fused-ring (bicyclic) bond motifs is 1. The van der Waals surface area contributed by atoms with Gasteiger partial charge in [0.25, 0.3) is 0 Å². The molecule has 0 unspecified atom stereocenters. The molecular formula is C22H19N5O3. The second-order valence-corrected chi connectivity index (χ2v) is 6.82. The van der Waals surface area contributed by atoms with Crippen LogP contribution < -0.4 is 5.32 Å². The molecule has 0 saturated carbocycles. The SMILES string of the molecule is CC(=O)Nc1cc(-c2[nH]c3c(C(C)=O)ccnc3c2-c2ccc(CO)nc2)ccn1. The predicted molar refractivity (Wildman–Crippen MR) is 113 cm³/mol. The molecule has 3 N–H and O–H groups in total. The predicted octanol–water partition coefficient (Wildman–Crippen LogP) is 3.34. The Morgan fingerprint density at radius 2 is 1.83 bits per heavy atom. The highest BCUT2D eigenvalue weighted by Crippen LogP contribution is 2.38. The van der Waals surface area contributed by atoms with E-state index in [1.54, 1.807) is 36.8 Å². The number of rotatable bonds is 5. The van der Waals surface area contributed by atoms with E-state index in [0.717, 1.165) is 22.4 Å². The minimum atomic E-state index is -0.221. The summed E-state index contributed by atoms with van der Waals surface area (Å²) in [6, 6.07) is 8.82. The van der Waals surface area contributed by atoms with Crippen molar-refractivity contribution >= 4 is 28.5 Å². The lowest BCUT2D eigenvalue weighted by Crippen LogP contribution is -2.07. The standard InChI is InChI=1S/C22H19N5O3/c1-12(29)17-6-8-24-22-19(15-3-4-16(11-28)25-10-15)20(27-21(17)22)14-5-7-23-18(9-14)26-13(2)30/h3-10,27-28H,11H2,1-2H3,(H,23,26,30). The number of aliphatic hydroxyl groups excluding tert-OH is 1. The lowest BCUT2D eigenvalue weighted by atomic mass is 10.0. The van der Waals surface area contributed by atoms with Gasteiger partial charge in [0.15, 0.2) is 5.78 Å². The number of aromatic amines is 1. The highest BCUT2D eigenvalue weighted by molar-refractivity contribution is 6.11. The number of aliphatic hydroxyl groups is 1. The molecule has 0 aliphatic rings. The molecule has 4 aromatic heterocycles. The number of Topliss-reactive ketones (excluding diaryl/α,β-unsaturated/α-hetero) is 1. The number of carbonyl (C=O) groups excluding carboxylic acids is 2. The van der Waals surface area contributed by atoms with Crippen LogP contribution in [0.5, 0.6) is 0 Å². The summed E-state index contributed by atoms with van der Waals surface area (Å²) < 4.78 is 0. The molecule has 0 atom stereocenters. The number of hydrogen-bond acceptors (Lipinski definition) is 6. The van der Waals surface area contributed by atoms with Gasteiger partial charge in [-0.1, -0.05) is 6.07 Å². The summed E-state index contributed by atoms with van der Waals surface area (Å²) in [5, 5.41) is 12.0. The summed E-state index contributed by atoms with van der Waals surface area (Å²) in [5.74, 6) is 0.114. The molecule has 8 nitrogen and oxygen atoms in total. The minimum absolute atomic E-state index is 0.0795. The van der Waals surface area contributed by atoms with Gasteiger partial charge in [0, 0.05) is 47.8 Å². The highest BCUT2D eigenvalue weighted by atomic mass is 16.3. The number of ketones is 1. The molecule has 150 valence electrons. The number of aromatic nitrogens is 4. The van der Waals surface area contributed by atoms with Crippen LogP contribution in [0.15, 0.2) is 48.9 Å². The number of nitrogens with zero attached hydrogens (tertiary/aromatic N) is 3.